The van der Waals surface area contributed by atoms with Crippen LogP contribution in [0.15, 0.2) is 54.6 Å². The molecule has 0 unspecified atom stereocenters. The molecule has 1 amide bonds. The Hall–Kier alpha value is -2.13. The highest BCUT2D eigenvalue weighted by atomic mass is 16.2. The predicted molar refractivity (Wildman–Crippen MR) is 75.9 cm³/mol. The largest absolute Gasteiger partial charge is 0.324 e. The number of carbonyl (C=O) groups is 1. The molecule has 1 aliphatic heterocycles. The number of hydrogen-bond acceptors (Lipinski definition) is 2. The minimum Gasteiger partial charge on any atom is -0.324 e. The average Bonchev–Trinajstić information content (AvgIpc) is 2.58. The zero-order valence-electron chi connectivity index (χ0n) is 10.5. The molecule has 2 aromatic rings. The van der Waals surface area contributed by atoms with E-state index in [1.54, 1.807) is 0 Å². The first kappa shape index (κ1) is 11.9. The van der Waals surface area contributed by atoms with E-state index in [1.165, 1.54) is 0 Å². The number of amides is 1. The first-order chi connectivity index (χ1) is 9.25. The Labute approximate surface area is 112 Å². The molecule has 3 nitrogen and oxygen atoms in total. The van der Waals surface area contributed by atoms with Crippen LogP contribution in [0.5, 0.6) is 0 Å². The summed E-state index contributed by atoms with van der Waals surface area (Å²) in [5.41, 5.74) is 9.25. The van der Waals surface area contributed by atoms with Crippen molar-refractivity contribution in [3.63, 3.8) is 0 Å². The Morgan fingerprint density at radius 1 is 1.00 bits per heavy atom. The minimum atomic E-state index is -0.519. The van der Waals surface area contributed by atoms with Gasteiger partial charge in [0.15, 0.2) is 0 Å². The number of anilines is 1. The number of nitrogens with two attached hydrogens (primary N) is 1. The van der Waals surface area contributed by atoms with Crippen LogP contribution < -0.4 is 11.1 Å². The molecule has 1 aliphatic rings. The lowest BCUT2D eigenvalue weighted by molar-refractivity contribution is -0.117. The van der Waals surface area contributed by atoms with Crippen LogP contribution in [-0.4, -0.2) is 11.9 Å². The maximum absolute atomic E-state index is 12.1. The highest BCUT2D eigenvalue weighted by molar-refractivity contribution is 5.97. The van der Waals surface area contributed by atoms with E-state index in [0.717, 1.165) is 23.2 Å². The number of hydrogen-bond donors (Lipinski definition) is 2. The van der Waals surface area contributed by atoms with Crippen molar-refractivity contribution in [3.05, 3.63) is 65.7 Å². The van der Waals surface area contributed by atoms with Crippen molar-refractivity contribution in [2.75, 3.05) is 5.32 Å². The highest BCUT2D eigenvalue weighted by Crippen LogP contribution is 2.30. The van der Waals surface area contributed by atoms with Crippen molar-refractivity contribution in [1.29, 1.82) is 0 Å². The first-order valence-electron chi connectivity index (χ1n) is 6.45. The number of para-hydroxylation sites is 1. The van der Waals surface area contributed by atoms with Gasteiger partial charge in [0.25, 0.3) is 0 Å². The maximum atomic E-state index is 12.1. The van der Waals surface area contributed by atoms with Crippen LogP contribution in [0.1, 0.15) is 17.0 Å². The summed E-state index contributed by atoms with van der Waals surface area (Å²) in [6.07, 6.45) is 0.778. The Bertz CT molecular complexity index is 595. The molecular formula is C16H16N2O. The van der Waals surface area contributed by atoms with Gasteiger partial charge in [-0.1, -0.05) is 48.5 Å². The van der Waals surface area contributed by atoms with E-state index in [4.69, 9.17) is 5.73 Å². The van der Waals surface area contributed by atoms with Crippen LogP contribution in [0.2, 0.25) is 0 Å². The quantitative estimate of drug-likeness (QED) is 0.818. The number of fused-ring (bicyclic) bond motifs is 1. The van der Waals surface area contributed by atoms with Gasteiger partial charge in [0.1, 0.15) is 0 Å². The molecule has 0 saturated carbocycles. The van der Waals surface area contributed by atoms with Crippen LogP contribution in [0.25, 0.3) is 0 Å². The zero-order chi connectivity index (χ0) is 13.2. The van der Waals surface area contributed by atoms with Crippen LogP contribution in [0, 0.1) is 0 Å². The molecule has 0 spiro atoms. The SMILES string of the molecule is N[C@H]1C(=O)Nc2ccccc2C[C@H]1c1ccccc1. The summed E-state index contributed by atoms with van der Waals surface area (Å²) in [5, 5.41) is 2.91. The third-order valence-electron chi connectivity index (χ3n) is 3.68. The van der Waals surface area contributed by atoms with Gasteiger partial charge >= 0.3 is 0 Å². The van der Waals surface area contributed by atoms with Gasteiger partial charge in [-0.3, -0.25) is 4.79 Å². The molecule has 2 aromatic carbocycles. The van der Waals surface area contributed by atoms with Crippen molar-refractivity contribution in [1.82, 2.24) is 0 Å². The molecule has 0 aromatic heterocycles. The molecule has 3 heteroatoms. The Morgan fingerprint density at radius 2 is 1.68 bits per heavy atom. The van der Waals surface area contributed by atoms with Gasteiger partial charge in [-0.15, -0.1) is 0 Å². The number of nitrogens with one attached hydrogen (secondary N) is 1. The Balaban J connectivity index is 2.03. The second-order valence-electron chi connectivity index (χ2n) is 4.89. The van der Waals surface area contributed by atoms with Crippen LogP contribution >= 0.6 is 0 Å². The molecule has 0 saturated heterocycles. The van der Waals surface area contributed by atoms with E-state index >= 15 is 0 Å². The van der Waals surface area contributed by atoms with Crippen molar-refractivity contribution >= 4 is 11.6 Å². The number of benzene rings is 2. The number of carbonyl (C=O) groups excluding carboxylic acids is 1. The van der Waals surface area contributed by atoms with Gasteiger partial charge in [0.05, 0.1) is 6.04 Å². The summed E-state index contributed by atoms with van der Waals surface area (Å²) in [6.45, 7) is 0. The second kappa shape index (κ2) is 4.86. The van der Waals surface area contributed by atoms with Gasteiger partial charge < -0.3 is 11.1 Å². The molecule has 0 fully saturated rings. The lowest BCUT2D eigenvalue weighted by Crippen LogP contribution is -2.39. The van der Waals surface area contributed by atoms with E-state index in [1.807, 2.05) is 54.6 Å². The molecule has 96 valence electrons. The lowest BCUT2D eigenvalue weighted by Gasteiger charge is -2.20. The molecule has 3 N–H and O–H groups in total. The van der Waals surface area contributed by atoms with E-state index in [2.05, 4.69) is 5.32 Å². The van der Waals surface area contributed by atoms with E-state index in [0.29, 0.717) is 0 Å². The molecule has 3 rings (SSSR count). The lowest BCUT2D eigenvalue weighted by atomic mass is 9.87. The standard InChI is InChI=1S/C16H16N2O/c17-15-13(11-6-2-1-3-7-11)10-12-8-4-5-9-14(12)18-16(15)19/h1-9,13,15H,10,17H2,(H,18,19)/t13-,15+/m0/s1. The fourth-order valence-electron chi connectivity index (χ4n) is 2.61. The molecule has 2 atom stereocenters. The van der Waals surface area contributed by atoms with Gasteiger partial charge in [-0.2, -0.15) is 0 Å². The normalized spacial score (nSPS) is 22.3. The van der Waals surface area contributed by atoms with E-state index in [-0.39, 0.29) is 11.8 Å². The van der Waals surface area contributed by atoms with E-state index in [9.17, 15) is 4.79 Å². The average molecular weight is 252 g/mol. The third kappa shape index (κ3) is 2.25. The van der Waals surface area contributed by atoms with Crippen molar-refractivity contribution < 1.29 is 4.79 Å². The zero-order valence-corrected chi connectivity index (χ0v) is 10.5. The summed E-state index contributed by atoms with van der Waals surface area (Å²) in [4.78, 5) is 12.1. The topological polar surface area (TPSA) is 55.1 Å². The van der Waals surface area contributed by atoms with Crippen molar-refractivity contribution in [2.24, 2.45) is 5.73 Å². The summed E-state index contributed by atoms with van der Waals surface area (Å²) in [6, 6.07) is 17.4. The third-order valence-corrected chi connectivity index (χ3v) is 3.68. The minimum absolute atomic E-state index is 0.0184. The maximum Gasteiger partial charge on any atom is 0.241 e. The van der Waals surface area contributed by atoms with Crippen molar-refractivity contribution in [2.45, 2.75) is 18.4 Å². The fraction of sp³-hybridized carbons (Fsp3) is 0.188. The fourth-order valence-corrected chi connectivity index (χ4v) is 2.61. The van der Waals surface area contributed by atoms with Crippen LogP contribution in [0.3, 0.4) is 0 Å². The Morgan fingerprint density at radius 3 is 2.47 bits per heavy atom. The highest BCUT2D eigenvalue weighted by Gasteiger charge is 2.30. The Kier molecular flexibility index (Phi) is 3.05. The summed E-state index contributed by atoms with van der Waals surface area (Å²) >= 11 is 0. The second-order valence-corrected chi connectivity index (χ2v) is 4.89. The van der Waals surface area contributed by atoms with Gasteiger partial charge in [0, 0.05) is 11.6 Å². The van der Waals surface area contributed by atoms with Gasteiger partial charge in [-0.25, -0.2) is 0 Å². The smallest absolute Gasteiger partial charge is 0.241 e. The predicted octanol–water partition coefficient (Wildman–Crippen LogP) is 2.29. The summed E-state index contributed by atoms with van der Waals surface area (Å²) in [5.74, 6) is -0.0938. The van der Waals surface area contributed by atoms with Crippen molar-refractivity contribution in [3.8, 4) is 0 Å². The molecule has 19 heavy (non-hydrogen) atoms. The van der Waals surface area contributed by atoms with Gasteiger partial charge in [0.2, 0.25) is 5.91 Å². The van der Waals surface area contributed by atoms with Crippen LogP contribution in [0.4, 0.5) is 5.69 Å². The van der Waals surface area contributed by atoms with Crippen LogP contribution in [-0.2, 0) is 11.2 Å². The molecule has 1 heterocycles. The monoisotopic (exact) mass is 252 g/mol. The summed E-state index contributed by atoms with van der Waals surface area (Å²) in [7, 11) is 0. The molecular weight excluding hydrogens is 236 g/mol. The molecule has 0 aliphatic carbocycles. The molecule has 0 bridgehead atoms. The number of rotatable bonds is 1. The summed E-state index contributed by atoms with van der Waals surface area (Å²) < 4.78 is 0. The van der Waals surface area contributed by atoms with Gasteiger partial charge in [-0.05, 0) is 23.6 Å². The molecule has 0 radical (unpaired) electrons. The van der Waals surface area contributed by atoms with E-state index < -0.39 is 6.04 Å². The first-order valence-corrected chi connectivity index (χ1v) is 6.45.